The lowest BCUT2D eigenvalue weighted by molar-refractivity contribution is -0.151. The number of carbonyl (C=O) groups excluding carboxylic acids is 2. The lowest BCUT2D eigenvalue weighted by atomic mass is 10.1. The molecule has 0 saturated carbocycles. The van der Waals surface area contributed by atoms with Gasteiger partial charge in [0.25, 0.3) is 5.91 Å². The van der Waals surface area contributed by atoms with E-state index in [0.29, 0.717) is 30.7 Å². The Morgan fingerprint density at radius 1 is 1.28 bits per heavy atom. The van der Waals surface area contributed by atoms with Crippen LogP contribution in [0.25, 0.3) is 11.0 Å². The minimum atomic E-state index is -0.620. The van der Waals surface area contributed by atoms with Gasteiger partial charge in [-0.1, -0.05) is 6.92 Å². The average Bonchev–Trinajstić information content (AvgIpc) is 3.16. The number of esters is 1. The lowest BCUT2D eigenvalue weighted by Crippen LogP contribution is -2.43. The van der Waals surface area contributed by atoms with Crippen molar-refractivity contribution in [2.24, 2.45) is 0 Å². The molecule has 1 aromatic heterocycles. The summed E-state index contributed by atoms with van der Waals surface area (Å²) in [7, 11) is 5.14. The maximum absolute atomic E-state index is 12.7. The quantitative estimate of drug-likeness (QED) is 0.533. The van der Waals surface area contributed by atoms with Gasteiger partial charge in [0.1, 0.15) is 17.4 Å². The first-order chi connectivity index (χ1) is 13.8. The van der Waals surface area contributed by atoms with E-state index in [2.05, 4.69) is 0 Å². The Labute approximate surface area is 169 Å². The molecule has 1 amide bonds. The Morgan fingerprint density at radius 3 is 2.69 bits per heavy atom. The van der Waals surface area contributed by atoms with Gasteiger partial charge in [-0.15, -0.1) is 0 Å². The molecule has 2 aromatic rings. The second-order valence-electron chi connectivity index (χ2n) is 7.33. The third-order valence-corrected chi connectivity index (χ3v) is 5.35. The Kier molecular flexibility index (Phi) is 6.22. The van der Waals surface area contributed by atoms with Crippen LogP contribution in [0.1, 0.15) is 18.9 Å². The topological polar surface area (TPSA) is 89.3 Å². The molecular weight excluding hydrogens is 376 g/mol. The zero-order valence-electron chi connectivity index (χ0n) is 17.1. The zero-order valence-corrected chi connectivity index (χ0v) is 17.1. The van der Waals surface area contributed by atoms with Gasteiger partial charge < -0.3 is 23.7 Å². The molecular formula is C21H26N2O6. The summed E-state index contributed by atoms with van der Waals surface area (Å²) < 4.78 is 15.7. The van der Waals surface area contributed by atoms with E-state index >= 15 is 0 Å². The fourth-order valence-electron chi connectivity index (χ4n) is 3.64. The summed E-state index contributed by atoms with van der Waals surface area (Å²) in [5.74, 6) is -0.309. The normalized spacial score (nSPS) is 19.0. The smallest absolute Gasteiger partial charge is 0.336 e. The summed E-state index contributed by atoms with van der Waals surface area (Å²) in [5.41, 5.74) is 0.891. The van der Waals surface area contributed by atoms with Gasteiger partial charge in [0.2, 0.25) is 0 Å². The summed E-state index contributed by atoms with van der Waals surface area (Å²) >= 11 is 0. The maximum atomic E-state index is 12.7. The summed E-state index contributed by atoms with van der Waals surface area (Å²) in [5, 5.41) is 0.838. The highest BCUT2D eigenvalue weighted by molar-refractivity contribution is 5.86. The molecule has 3 rings (SSSR count). The van der Waals surface area contributed by atoms with Gasteiger partial charge in [-0.2, -0.15) is 0 Å². The van der Waals surface area contributed by atoms with Crippen LogP contribution in [0, 0.1) is 0 Å². The number of carbonyl (C=O) groups is 2. The van der Waals surface area contributed by atoms with Crippen LogP contribution in [0.3, 0.4) is 0 Å². The van der Waals surface area contributed by atoms with Crippen molar-refractivity contribution < 1.29 is 23.5 Å². The number of benzene rings is 1. The molecule has 0 spiro atoms. The molecule has 0 unspecified atom stereocenters. The zero-order chi connectivity index (χ0) is 21.1. The van der Waals surface area contributed by atoms with Crippen LogP contribution in [-0.2, 0) is 20.7 Å². The van der Waals surface area contributed by atoms with Gasteiger partial charge in [0.05, 0.1) is 7.11 Å². The number of likely N-dealkylation sites (N-methyl/N-ethyl adjacent to an activating group) is 1. The number of rotatable bonds is 6. The molecule has 2 heterocycles. The molecule has 1 fully saturated rings. The lowest BCUT2D eigenvalue weighted by Gasteiger charge is -2.23. The Morgan fingerprint density at radius 2 is 2.03 bits per heavy atom. The fraction of sp³-hybridized carbons (Fsp3) is 0.476. The van der Waals surface area contributed by atoms with E-state index in [-0.39, 0.29) is 18.6 Å². The van der Waals surface area contributed by atoms with Crippen molar-refractivity contribution in [2.75, 3.05) is 34.4 Å². The predicted octanol–water partition coefficient (Wildman–Crippen LogP) is 1.44. The van der Waals surface area contributed by atoms with Gasteiger partial charge in [-0.25, -0.2) is 9.59 Å². The van der Waals surface area contributed by atoms with E-state index in [4.69, 9.17) is 13.9 Å². The summed E-state index contributed by atoms with van der Waals surface area (Å²) in [6.45, 7) is 2.17. The number of amides is 1. The highest BCUT2D eigenvalue weighted by atomic mass is 16.5. The van der Waals surface area contributed by atoms with Crippen molar-refractivity contribution in [1.29, 1.82) is 0 Å². The SMILES string of the molecule is CCc1cc(=O)oc2cc(OCC(=O)N3C[C@H](N(C)C)C[C@H]3C(=O)OC)ccc12. The average molecular weight is 402 g/mol. The number of ether oxygens (including phenoxy) is 2. The van der Waals surface area contributed by atoms with Gasteiger partial charge >= 0.3 is 11.6 Å². The van der Waals surface area contributed by atoms with Crippen molar-refractivity contribution in [3.05, 3.63) is 40.2 Å². The Bertz CT molecular complexity index is 967. The first kappa shape index (κ1) is 20.9. The number of likely N-dealkylation sites (tertiary alicyclic amines) is 1. The van der Waals surface area contributed by atoms with Crippen molar-refractivity contribution in [3.63, 3.8) is 0 Å². The number of aryl methyl sites for hydroxylation is 1. The van der Waals surface area contributed by atoms with Crippen molar-refractivity contribution >= 4 is 22.8 Å². The second kappa shape index (κ2) is 8.65. The Balaban J connectivity index is 1.74. The number of nitrogens with zero attached hydrogens (tertiary/aromatic N) is 2. The largest absolute Gasteiger partial charge is 0.484 e. The monoisotopic (exact) mass is 402 g/mol. The Hall–Kier alpha value is -2.87. The first-order valence-electron chi connectivity index (χ1n) is 9.57. The highest BCUT2D eigenvalue weighted by Gasteiger charge is 2.41. The molecule has 8 nitrogen and oxygen atoms in total. The highest BCUT2D eigenvalue weighted by Crippen LogP contribution is 2.25. The van der Waals surface area contributed by atoms with Crippen molar-refractivity contribution in [1.82, 2.24) is 9.80 Å². The molecule has 1 aromatic carbocycles. The van der Waals surface area contributed by atoms with E-state index in [9.17, 15) is 14.4 Å². The second-order valence-corrected chi connectivity index (χ2v) is 7.33. The predicted molar refractivity (Wildman–Crippen MR) is 107 cm³/mol. The van der Waals surface area contributed by atoms with Crippen LogP contribution in [0.2, 0.25) is 0 Å². The van der Waals surface area contributed by atoms with E-state index in [1.54, 1.807) is 12.1 Å². The molecule has 0 N–H and O–H groups in total. The van der Waals surface area contributed by atoms with E-state index < -0.39 is 17.6 Å². The van der Waals surface area contributed by atoms with E-state index in [1.807, 2.05) is 32.0 Å². The minimum Gasteiger partial charge on any atom is -0.484 e. The minimum absolute atomic E-state index is 0.0745. The third kappa shape index (κ3) is 4.42. The van der Waals surface area contributed by atoms with E-state index in [1.165, 1.54) is 18.1 Å². The van der Waals surface area contributed by atoms with Crippen LogP contribution < -0.4 is 10.4 Å². The van der Waals surface area contributed by atoms with Gasteiger partial charge in [-0.05, 0) is 44.6 Å². The standard InChI is InChI=1S/C21H26N2O6/c1-5-13-8-20(25)29-18-10-15(6-7-16(13)18)28-12-19(24)23-11-14(22(2)3)9-17(23)21(26)27-4/h6-8,10,14,17H,5,9,11-12H2,1-4H3/t14-,17+/m1/s1. The van der Waals surface area contributed by atoms with Crippen LogP contribution in [-0.4, -0.2) is 68.1 Å². The van der Waals surface area contributed by atoms with Crippen molar-refractivity contribution in [2.45, 2.75) is 31.8 Å². The number of fused-ring (bicyclic) bond motifs is 1. The number of hydrogen-bond acceptors (Lipinski definition) is 7. The summed E-state index contributed by atoms with van der Waals surface area (Å²) in [6, 6.07) is 6.09. The third-order valence-electron chi connectivity index (χ3n) is 5.35. The molecule has 0 radical (unpaired) electrons. The number of methoxy groups -OCH3 is 1. The van der Waals surface area contributed by atoms with Crippen LogP contribution in [0.4, 0.5) is 0 Å². The van der Waals surface area contributed by atoms with E-state index in [0.717, 1.165) is 10.9 Å². The summed E-state index contributed by atoms with van der Waals surface area (Å²) in [4.78, 5) is 40.0. The molecule has 1 aliphatic heterocycles. The summed E-state index contributed by atoms with van der Waals surface area (Å²) in [6.07, 6.45) is 1.23. The van der Waals surface area contributed by atoms with Crippen LogP contribution in [0.5, 0.6) is 5.75 Å². The maximum Gasteiger partial charge on any atom is 0.336 e. The van der Waals surface area contributed by atoms with Crippen LogP contribution in [0.15, 0.2) is 33.5 Å². The van der Waals surface area contributed by atoms with Gasteiger partial charge in [0.15, 0.2) is 6.61 Å². The molecule has 0 bridgehead atoms. The molecule has 1 aliphatic rings. The first-order valence-corrected chi connectivity index (χ1v) is 9.57. The van der Waals surface area contributed by atoms with Gasteiger partial charge in [-0.3, -0.25) is 4.79 Å². The molecule has 8 heteroatoms. The molecule has 29 heavy (non-hydrogen) atoms. The van der Waals surface area contributed by atoms with Gasteiger partial charge in [0, 0.05) is 30.1 Å². The molecule has 0 aliphatic carbocycles. The molecule has 1 saturated heterocycles. The van der Waals surface area contributed by atoms with Crippen LogP contribution >= 0.6 is 0 Å². The molecule has 2 atom stereocenters. The molecule has 156 valence electrons. The van der Waals surface area contributed by atoms with Crippen molar-refractivity contribution in [3.8, 4) is 5.75 Å². The number of hydrogen-bond donors (Lipinski definition) is 0. The fourth-order valence-corrected chi connectivity index (χ4v) is 3.64.